The van der Waals surface area contributed by atoms with E-state index in [1.54, 1.807) is 0 Å². The molecular formula is C8H18N2O. The minimum atomic E-state index is -0.287. The van der Waals surface area contributed by atoms with Crippen LogP contribution in [0.5, 0.6) is 0 Å². The topological polar surface area (TPSA) is 35.5 Å². The van der Waals surface area contributed by atoms with Crippen molar-refractivity contribution >= 4 is 0 Å². The maximum absolute atomic E-state index is 9.31. The van der Waals surface area contributed by atoms with Crippen molar-refractivity contribution in [2.75, 3.05) is 33.7 Å². The first-order valence-corrected chi connectivity index (χ1v) is 3.82. The molecular weight excluding hydrogens is 140 g/mol. The van der Waals surface area contributed by atoms with Gasteiger partial charge in [0, 0.05) is 19.6 Å². The average Bonchev–Trinajstić information content (AvgIpc) is 1.87. The van der Waals surface area contributed by atoms with E-state index in [0.717, 1.165) is 6.54 Å². The Labute approximate surface area is 68.7 Å². The monoisotopic (exact) mass is 158 g/mol. The molecule has 2 N–H and O–H groups in total. The molecule has 0 heterocycles. The maximum Gasteiger partial charge on any atom is 0.0791 e. The van der Waals surface area contributed by atoms with Crippen LogP contribution in [0.2, 0.25) is 0 Å². The van der Waals surface area contributed by atoms with Crippen LogP contribution in [0.25, 0.3) is 0 Å². The molecule has 0 radical (unpaired) electrons. The molecule has 0 amide bonds. The van der Waals surface area contributed by atoms with E-state index >= 15 is 0 Å². The Hall–Kier alpha value is -0.380. The molecule has 3 nitrogen and oxygen atoms in total. The van der Waals surface area contributed by atoms with E-state index in [-0.39, 0.29) is 6.10 Å². The van der Waals surface area contributed by atoms with Crippen molar-refractivity contribution in [3.8, 4) is 0 Å². The van der Waals surface area contributed by atoms with Gasteiger partial charge in [0.1, 0.15) is 0 Å². The minimum absolute atomic E-state index is 0.287. The number of hydrogen-bond donors (Lipinski definition) is 2. The van der Waals surface area contributed by atoms with Gasteiger partial charge in [-0.3, -0.25) is 0 Å². The van der Waals surface area contributed by atoms with E-state index in [2.05, 4.69) is 11.9 Å². The van der Waals surface area contributed by atoms with Crippen LogP contribution in [0.3, 0.4) is 0 Å². The molecule has 1 atom stereocenters. The van der Waals surface area contributed by atoms with Gasteiger partial charge >= 0.3 is 0 Å². The van der Waals surface area contributed by atoms with Gasteiger partial charge in [-0.15, -0.1) is 6.58 Å². The fourth-order valence-corrected chi connectivity index (χ4v) is 0.955. The molecule has 0 aromatic heterocycles. The summed E-state index contributed by atoms with van der Waals surface area (Å²) in [6, 6.07) is 0. The number of rotatable bonds is 6. The molecule has 0 aromatic carbocycles. The molecule has 0 aliphatic heterocycles. The van der Waals surface area contributed by atoms with E-state index in [9.17, 15) is 5.11 Å². The summed E-state index contributed by atoms with van der Waals surface area (Å²) in [6.45, 7) is 5.76. The van der Waals surface area contributed by atoms with Crippen LogP contribution in [0.4, 0.5) is 0 Å². The second-order valence-electron chi connectivity index (χ2n) is 2.72. The zero-order valence-electron chi connectivity index (χ0n) is 7.38. The normalized spacial score (nSPS) is 13.5. The van der Waals surface area contributed by atoms with Gasteiger partial charge in [0.05, 0.1) is 6.10 Å². The molecule has 11 heavy (non-hydrogen) atoms. The van der Waals surface area contributed by atoms with Gasteiger partial charge in [-0.2, -0.15) is 0 Å². The number of aliphatic hydroxyl groups excluding tert-OH is 1. The number of aliphatic hydroxyl groups is 1. The smallest absolute Gasteiger partial charge is 0.0791 e. The lowest BCUT2D eigenvalue weighted by Crippen LogP contribution is -2.35. The molecule has 0 spiro atoms. The number of likely N-dealkylation sites (N-methyl/N-ethyl adjacent to an activating group) is 2. The molecule has 66 valence electrons. The highest BCUT2D eigenvalue weighted by Crippen LogP contribution is 1.87. The van der Waals surface area contributed by atoms with E-state index in [1.807, 2.05) is 25.1 Å². The predicted octanol–water partition coefficient (Wildman–Crippen LogP) is -0.316. The lowest BCUT2D eigenvalue weighted by atomic mass is 10.3. The first-order valence-electron chi connectivity index (χ1n) is 3.82. The molecule has 0 aliphatic carbocycles. The van der Waals surface area contributed by atoms with Gasteiger partial charge in [-0.25, -0.2) is 0 Å². The van der Waals surface area contributed by atoms with Gasteiger partial charge in [0.2, 0.25) is 0 Å². The maximum atomic E-state index is 9.31. The quantitative estimate of drug-likeness (QED) is 0.520. The molecule has 0 fully saturated rings. The van der Waals surface area contributed by atoms with Crippen molar-refractivity contribution < 1.29 is 5.11 Å². The summed E-state index contributed by atoms with van der Waals surface area (Å²) in [5.74, 6) is 0. The third-order valence-corrected chi connectivity index (χ3v) is 1.40. The van der Waals surface area contributed by atoms with Gasteiger partial charge in [0.25, 0.3) is 0 Å². The minimum Gasteiger partial charge on any atom is -0.390 e. The highest BCUT2D eigenvalue weighted by atomic mass is 16.3. The van der Waals surface area contributed by atoms with Crippen molar-refractivity contribution in [3.05, 3.63) is 12.7 Å². The largest absolute Gasteiger partial charge is 0.390 e. The van der Waals surface area contributed by atoms with Crippen LogP contribution in [0.15, 0.2) is 12.7 Å². The molecule has 0 aliphatic rings. The summed E-state index contributed by atoms with van der Waals surface area (Å²) in [6.07, 6.45) is 1.54. The number of nitrogens with one attached hydrogen (secondary N) is 1. The van der Waals surface area contributed by atoms with E-state index in [1.165, 1.54) is 0 Å². The third kappa shape index (κ3) is 6.04. The van der Waals surface area contributed by atoms with E-state index in [0.29, 0.717) is 13.1 Å². The lowest BCUT2D eigenvalue weighted by Gasteiger charge is -2.18. The molecule has 0 saturated heterocycles. The Morgan fingerprint density at radius 2 is 2.36 bits per heavy atom. The average molecular weight is 158 g/mol. The van der Waals surface area contributed by atoms with Crippen molar-refractivity contribution in [2.45, 2.75) is 6.10 Å². The summed E-state index contributed by atoms with van der Waals surface area (Å²) in [5.41, 5.74) is 0. The Morgan fingerprint density at radius 3 is 2.82 bits per heavy atom. The Kier molecular flexibility index (Phi) is 6.12. The van der Waals surface area contributed by atoms with Gasteiger partial charge in [-0.05, 0) is 14.1 Å². The van der Waals surface area contributed by atoms with Crippen LogP contribution in [-0.2, 0) is 0 Å². The molecule has 1 unspecified atom stereocenters. The molecule has 0 bridgehead atoms. The van der Waals surface area contributed by atoms with Crippen LogP contribution < -0.4 is 5.32 Å². The van der Waals surface area contributed by atoms with E-state index < -0.39 is 0 Å². The fourth-order valence-electron chi connectivity index (χ4n) is 0.955. The summed E-state index contributed by atoms with van der Waals surface area (Å²) in [5, 5.41) is 12.2. The summed E-state index contributed by atoms with van der Waals surface area (Å²) in [4.78, 5) is 2.02. The summed E-state index contributed by atoms with van der Waals surface area (Å²) >= 11 is 0. The zero-order chi connectivity index (χ0) is 8.69. The third-order valence-electron chi connectivity index (χ3n) is 1.40. The second-order valence-corrected chi connectivity index (χ2v) is 2.72. The van der Waals surface area contributed by atoms with Crippen molar-refractivity contribution in [2.24, 2.45) is 0 Å². The highest BCUT2D eigenvalue weighted by Gasteiger charge is 2.04. The van der Waals surface area contributed by atoms with Gasteiger partial charge in [0.15, 0.2) is 0 Å². The van der Waals surface area contributed by atoms with Crippen molar-refractivity contribution in [1.82, 2.24) is 10.2 Å². The molecule has 0 aromatic rings. The predicted molar refractivity (Wildman–Crippen MR) is 47.6 cm³/mol. The zero-order valence-corrected chi connectivity index (χ0v) is 7.38. The van der Waals surface area contributed by atoms with E-state index in [4.69, 9.17) is 0 Å². The molecule has 3 heteroatoms. The Balaban J connectivity index is 3.39. The molecule has 0 saturated carbocycles. The number of nitrogens with zero attached hydrogens (tertiary/aromatic N) is 1. The summed E-state index contributed by atoms with van der Waals surface area (Å²) < 4.78 is 0. The first-order chi connectivity index (χ1) is 5.20. The van der Waals surface area contributed by atoms with Gasteiger partial charge < -0.3 is 15.3 Å². The van der Waals surface area contributed by atoms with Crippen LogP contribution in [0, 0.1) is 0 Å². The fraction of sp³-hybridized carbons (Fsp3) is 0.750. The van der Waals surface area contributed by atoms with Crippen molar-refractivity contribution in [1.29, 1.82) is 0 Å². The lowest BCUT2D eigenvalue weighted by molar-refractivity contribution is 0.131. The van der Waals surface area contributed by atoms with Gasteiger partial charge in [-0.1, -0.05) is 6.08 Å². The second kappa shape index (κ2) is 6.34. The Bertz CT molecular complexity index is 106. The molecule has 0 rings (SSSR count). The standard InChI is InChI=1S/C8H18N2O/c1-4-5-10(3)7-8(11)6-9-2/h4,8-9,11H,1,5-7H2,2-3H3. The highest BCUT2D eigenvalue weighted by molar-refractivity contribution is 4.73. The first kappa shape index (κ1) is 10.6. The van der Waals surface area contributed by atoms with Crippen molar-refractivity contribution in [3.63, 3.8) is 0 Å². The SMILES string of the molecule is C=CCN(C)CC(O)CNC. The van der Waals surface area contributed by atoms with Crippen LogP contribution in [-0.4, -0.2) is 49.8 Å². The van der Waals surface area contributed by atoms with Crippen LogP contribution in [0.1, 0.15) is 0 Å². The summed E-state index contributed by atoms with van der Waals surface area (Å²) in [7, 11) is 3.79. The van der Waals surface area contributed by atoms with Crippen LogP contribution >= 0.6 is 0 Å². The Morgan fingerprint density at radius 1 is 1.73 bits per heavy atom. The number of hydrogen-bond acceptors (Lipinski definition) is 3.